The van der Waals surface area contributed by atoms with Gasteiger partial charge in [0, 0.05) is 43.8 Å². The van der Waals surface area contributed by atoms with Gasteiger partial charge in [0.25, 0.3) is 0 Å². The lowest BCUT2D eigenvalue weighted by Gasteiger charge is -2.36. The molecule has 1 aromatic carbocycles. The van der Waals surface area contributed by atoms with Crippen molar-refractivity contribution in [3.05, 3.63) is 34.6 Å². The topological polar surface area (TPSA) is 72.9 Å². The summed E-state index contributed by atoms with van der Waals surface area (Å²) in [7, 11) is 0. The normalized spacial score (nSPS) is 23.9. The van der Waals surface area contributed by atoms with Gasteiger partial charge in [-0.15, -0.1) is 0 Å². The summed E-state index contributed by atoms with van der Waals surface area (Å²) < 4.78 is 13.1. The SMILES string of the molecule is O=C(O)C1CCC(NC(=O)N2CCN(Cc3ccc(F)cc3Cl)CC2)CC1. The molecule has 2 fully saturated rings. The van der Waals surface area contributed by atoms with E-state index in [4.69, 9.17) is 16.7 Å². The van der Waals surface area contributed by atoms with Gasteiger partial charge < -0.3 is 15.3 Å². The van der Waals surface area contributed by atoms with E-state index in [0.29, 0.717) is 50.3 Å². The van der Waals surface area contributed by atoms with Gasteiger partial charge in [-0.2, -0.15) is 0 Å². The lowest BCUT2D eigenvalue weighted by molar-refractivity contribution is -0.142. The van der Waals surface area contributed by atoms with Crippen LogP contribution in [0.4, 0.5) is 9.18 Å². The van der Waals surface area contributed by atoms with Crippen molar-refractivity contribution < 1.29 is 19.1 Å². The highest BCUT2D eigenvalue weighted by atomic mass is 35.5. The van der Waals surface area contributed by atoms with Gasteiger partial charge in [-0.1, -0.05) is 17.7 Å². The fourth-order valence-corrected chi connectivity index (χ4v) is 3.98. The molecule has 2 N–H and O–H groups in total. The van der Waals surface area contributed by atoms with Crippen molar-refractivity contribution >= 4 is 23.6 Å². The Morgan fingerprint density at radius 1 is 1.15 bits per heavy atom. The maximum absolute atomic E-state index is 13.1. The Hall–Kier alpha value is -1.86. The first-order valence-electron chi connectivity index (χ1n) is 9.37. The van der Waals surface area contributed by atoms with E-state index in [-0.39, 0.29) is 23.8 Å². The Morgan fingerprint density at radius 3 is 2.41 bits per heavy atom. The fourth-order valence-electron chi connectivity index (χ4n) is 3.75. The van der Waals surface area contributed by atoms with Gasteiger partial charge >= 0.3 is 12.0 Å². The van der Waals surface area contributed by atoms with Gasteiger partial charge in [0.05, 0.1) is 5.92 Å². The van der Waals surface area contributed by atoms with Crippen LogP contribution >= 0.6 is 11.6 Å². The molecule has 2 aliphatic rings. The summed E-state index contributed by atoms with van der Waals surface area (Å²) >= 11 is 6.09. The van der Waals surface area contributed by atoms with Crippen LogP contribution in [-0.4, -0.2) is 59.1 Å². The number of carboxylic acids is 1. The van der Waals surface area contributed by atoms with Gasteiger partial charge in [-0.05, 0) is 43.4 Å². The number of hydrogen-bond acceptors (Lipinski definition) is 3. The Labute approximate surface area is 163 Å². The number of halogens is 2. The van der Waals surface area contributed by atoms with Crippen LogP contribution in [0.5, 0.6) is 0 Å². The number of benzene rings is 1. The Kier molecular flexibility index (Phi) is 6.55. The summed E-state index contributed by atoms with van der Waals surface area (Å²) in [6.45, 7) is 3.33. The van der Waals surface area contributed by atoms with Gasteiger partial charge in [0.2, 0.25) is 0 Å². The molecule has 1 heterocycles. The smallest absolute Gasteiger partial charge is 0.317 e. The number of nitrogens with one attached hydrogen (secondary N) is 1. The molecule has 1 aromatic rings. The third-order valence-electron chi connectivity index (χ3n) is 5.47. The highest BCUT2D eigenvalue weighted by Crippen LogP contribution is 2.25. The highest BCUT2D eigenvalue weighted by Gasteiger charge is 2.28. The minimum Gasteiger partial charge on any atom is -0.481 e. The number of piperazine rings is 1. The average molecular weight is 398 g/mol. The summed E-state index contributed by atoms with van der Waals surface area (Å²) in [5.74, 6) is -1.36. The van der Waals surface area contributed by atoms with Crippen molar-refractivity contribution in [2.75, 3.05) is 26.2 Å². The van der Waals surface area contributed by atoms with Gasteiger partial charge in [-0.25, -0.2) is 9.18 Å². The van der Waals surface area contributed by atoms with Gasteiger partial charge in [-0.3, -0.25) is 9.69 Å². The zero-order valence-electron chi connectivity index (χ0n) is 15.2. The average Bonchev–Trinajstić information content (AvgIpc) is 2.65. The lowest BCUT2D eigenvalue weighted by atomic mass is 9.86. The fraction of sp³-hybridized carbons (Fsp3) is 0.579. The van der Waals surface area contributed by atoms with Crippen LogP contribution in [0.1, 0.15) is 31.2 Å². The number of carbonyl (C=O) groups excluding carboxylic acids is 1. The van der Waals surface area contributed by atoms with Crippen LogP contribution in [0.25, 0.3) is 0 Å². The number of nitrogens with zero attached hydrogens (tertiary/aromatic N) is 2. The van der Waals surface area contributed by atoms with Crippen LogP contribution in [0, 0.1) is 11.7 Å². The van der Waals surface area contributed by atoms with E-state index < -0.39 is 5.97 Å². The zero-order valence-corrected chi connectivity index (χ0v) is 15.9. The zero-order chi connectivity index (χ0) is 19.4. The minimum atomic E-state index is -0.739. The lowest BCUT2D eigenvalue weighted by Crippen LogP contribution is -2.53. The number of amides is 2. The number of rotatable bonds is 4. The summed E-state index contributed by atoms with van der Waals surface area (Å²) in [5.41, 5.74) is 0.881. The van der Waals surface area contributed by atoms with Gasteiger partial charge in [0.1, 0.15) is 5.82 Å². The molecular weight excluding hydrogens is 373 g/mol. The van der Waals surface area contributed by atoms with E-state index >= 15 is 0 Å². The van der Waals surface area contributed by atoms with Crippen molar-refractivity contribution in [3.63, 3.8) is 0 Å². The molecule has 1 aliphatic heterocycles. The van der Waals surface area contributed by atoms with Crippen molar-refractivity contribution in [1.29, 1.82) is 0 Å². The second-order valence-electron chi connectivity index (χ2n) is 7.34. The Bertz CT molecular complexity index is 687. The maximum Gasteiger partial charge on any atom is 0.317 e. The molecule has 8 heteroatoms. The molecule has 0 unspecified atom stereocenters. The molecule has 1 saturated carbocycles. The van der Waals surface area contributed by atoms with Gasteiger partial charge in [0.15, 0.2) is 0 Å². The first-order valence-corrected chi connectivity index (χ1v) is 9.74. The summed E-state index contributed by atoms with van der Waals surface area (Å²) in [4.78, 5) is 27.5. The molecule has 2 amide bonds. The molecular formula is C19H25ClFN3O3. The number of aliphatic carboxylic acids is 1. The molecule has 0 radical (unpaired) electrons. The largest absolute Gasteiger partial charge is 0.481 e. The summed E-state index contributed by atoms with van der Waals surface area (Å²) in [5, 5.41) is 12.5. The van der Waals surface area contributed by atoms with Crippen LogP contribution < -0.4 is 5.32 Å². The van der Waals surface area contributed by atoms with Crippen molar-refractivity contribution in [1.82, 2.24) is 15.1 Å². The molecule has 148 valence electrons. The molecule has 1 aliphatic carbocycles. The molecule has 0 atom stereocenters. The number of carboxylic acid groups (broad SMARTS) is 1. The third-order valence-corrected chi connectivity index (χ3v) is 5.82. The molecule has 3 rings (SSSR count). The molecule has 0 aromatic heterocycles. The minimum absolute atomic E-state index is 0.0594. The standard InChI is InChI=1S/C19H25ClFN3O3/c20-17-11-15(21)4-1-14(17)12-23-7-9-24(10-8-23)19(27)22-16-5-2-13(3-6-16)18(25)26/h1,4,11,13,16H,2-3,5-10,12H2,(H,22,27)(H,25,26). The second kappa shape index (κ2) is 8.89. The summed E-state index contributed by atoms with van der Waals surface area (Å²) in [6, 6.07) is 4.41. The van der Waals surface area contributed by atoms with Crippen molar-refractivity contribution in [2.24, 2.45) is 5.92 Å². The number of urea groups is 1. The van der Waals surface area contributed by atoms with Crippen molar-refractivity contribution in [2.45, 2.75) is 38.3 Å². The van der Waals surface area contributed by atoms with E-state index in [0.717, 1.165) is 18.7 Å². The van der Waals surface area contributed by atoms with E-state index in [1.54, 1.807) is 11.0 Å². The van der Waals surface area contributed by atoms with Crippen LogP contribution in [-0.2, 0) is 11.3 Å². The first kappa shape index (κ1) is 19.9. The maximum atomic E-state index is 13.1. The van der Waals surface area contributed by atoms with E-state index in [9.17, 15) is 14.0 Å². The molecule has 1 saturated heterocycles. The van der Waals surface area contributed by atoms with Crippen molar-refractivity contribution in [3.8, 4) is 0 Å². The molecule has 27 heavy (non-hydrogen) atoms. The van der Waals surface area contributed by atoms with Crippen LogP contribution in [0.3, 0.4) is 0 Å². The second-order valence-corrected chi connectivity index (χ2v) is 7.74. The quantitative estimate of drug-likeness (QED) is 0.819. The van der Waals surface area contributed by atoms with Crippen LogP contribution in [0.2, 0.25) is 5.02 Å². The predicted octanol–water partition coefficient (Wildman–Crippen LogP) is 2.95. The third kappa shape index (κ3) is 5.32. The number of hydrogen-bond donors (Lipinski definition) is 2. The molecule has 0 spiro atoms. The number of carbonyl (C=O) groups is 2. The molecule has 6 nitrogen and oxygen atoms in total. The van der Waals surface area contributed by atoms with E-state index in [1.807, 2.05) is 0 Å². The molecule has 0 bridgehead atoms. The summed E-state index contributed by atoms with van der Waals surface area (Å²) in [6.07, 6.45) is 2.66. The Balaban J connectivity index is 1.42. The van der Waals surface area contributed by atoms with Crippen LogP contribution in [0.15, 0.2) is 18.2 Å². The Morgan fingerprint density at radius 2 is 1.81 bits per heavy atom. The van der Waals surface area contributed by atoms with E-state index in [2.05, 4.69) is 10.2 Å². The first-order chi connectivity index (χ1) is 12.9. The monoisotopic (exact) mass is 397 g/mol. The highest BCUT2D eigenvalue weighted by molar-refractivity contribution is 6.31. The predicted molar refractivity (Wildman–Crippen MR) is 100 cm³/mol. The van der Waals surface area contributed by atoms with E-state index in [1.165, 1.54) is 12.1 Å².